The van der Waals surface area contributed by atoms with E-state index >= 15 is 0 Å². The third-order valence-electron chi connectivity index (χ3n) is 3.29. The standard InChI is InChI=1S/C12H27N5O/c1-10(2)17-6-4-11(9-17)8-15-12(16-13)14-5-7-18-3/h10-11H,4-9,13H2,1-3H3,(H2,14,15,16). The normalized spacial score (nSPS) is 21.6. The fourth-order valence-corrected chi connectivity index (χ4v) is 2.13. The number of methoxy groups -OCH3 is 1. The van der Waals surface area contributed by atoms with E-state index in [2.05, 4.69) is 34.5 Å². The second-order valence-corrected chi connectivity index (χ2v) is 5.00. The van der Waals surface area contributed by atoms with Crippen LogP contribution in [0.1, 0.15) is 20.3 Å². The Bertz CT molecular complexity index is 257. The molecule has 1 rings (SSSR count). The Kier molecular flexibility index (Phi) is 7.00. The minimum Gasteiger partial charge on any atom is -0.383 e. The quantitative estimate of drug-likeness (QED) is 0.201. The molecule has 6 heteroatoms. The van der Waals surface area contributed by atoms with Gasteiger partial charge >= 0.3 is 0 Å². The first kappa shape index (κ1) is 15.2. The Labute approximate surface area is 110 Å². The van der Waals surface area contributed by atoms with E-state index in [1.54, 1.807) is 7.11 Å². The molecule has 106 valence electrons. The first-order valence-corrected chi connectivity index (χ1v) is 6.65. The lowest BCUT2D eigenvalue weighted by atomic mass is 10.1. The molecule has 1 saturated heterocycles. The number of guanidine groups is 1. The number of hydrogen-bond acceptors (Lipinski definition) is 4. The van der Waals surface area contributed by atoms with Crippen molar-refractivity contribution in [3.05, 3.63) is 0 Å². The summed E-state index contributed by atoms with van der Waals surface area (Å²) < 4.78 is 4.96. The summed E-state index contributed by atoms with van der Waals surface area (Å²) in [6.07, 6.45) is 1.22. The molecule has 1 atom stereocenters. The highest BCUT2D eigenvalue weighted by Gasteiger charge is 2.23. The highest BCUT2D eigenvalue weighted by atomic mass is 16.5. The van der Waals surface area contributed by atoms with E-state index in [1.807, 2.05) is 0 Å². The van der Waals surface area contributed by atoms with Gasteiger partial charge in [0.15, 0.2) is 0 Å². The van der Waals surface area contributed by atoms with E-state index in [1.165, 1.54) is 13.0 Å². The molecule has 0 aromatic rings. The molecule has 1 fully saturated rings. The van der Waals surface area contributed by atoms with E-state index in [4.69, 9.17) is 10.6 Å². The zero-order valence-electron chi connectivity index (χ0n) is 11.8. The molecule has 18 heavy (non-hydrogen) atoms. The number of hydrogen-bond donors (Lipinski definition) is 3. The van der Waals surface area contributed by atoms with E-state index in [-0.39, 0.29) is 0 Å². The van der Waals surface area contributed by atoms with Crippen LogP contribution in [0.5, 0.6) is 0 Å². The van der Waals surface area contributed by atoms with E-state index in [9.17, 15) is 0 Å². The highest BCUT2D eigenvalue weighted by molar-refractivity contribution is 5.79. The van der Waals surface area contributed by atoms with Gasteiger partial charge in [-0.2, -0.15) is 0 Å². The average Bonchev–Trinajstić information content (AvgIpc) is 2.82. The van der Waals surface area contributed by atoms with Gasteiger partial charge in [0, 0.05) is 32.8 Å². The van der Waals surface area contributed by atoms with Gasteiger partial charge in [0.05, 0.1) is 6.61 Å². The van der Waals surface area contributed by atoms with Gasteiger partial charge in [-0.15, -0.1) is 0 Å². The fraction of sp³-hybridized carbons (Fsp3) is 0.917. The van der Waals surface area contributed by atoms with Gasteiger partial charge in [0.2, 0.25) is 5.96 Å². The predicted molar refractivity (Wildman–Crippen MR) is 74.3 cm³/mol. The first-order chi connectivity index (χ1) is 8.67. The lowest BCUT2D eigenvalue weighted by Crippen LogP contribution is -2.43. The number of ether oxygens (including phenoxy) is 1. The summed E-state index contributed by atoms with van der Waals surface area (Å²) in [7, 11) is 1.67. The van der Waals surface area contributed by atoms with Crippen molar-refractivity contribution in [2.24, 2.45) is 16.8 Å². The number of nitrogens with one attached hydrogen (secondary N) is 2. The van der Waals surface area contributed by atoms with Gasteiger partial charge in [-0.05, 0) is 32.7 Å². The average molecular weight is 257 g/mol. The van der Waals surface area contributed by atoms with Crippen LogP contribution in [0.15, 0.2) is 4.99 Å². The lowest BCUT2D eigenvalue weighted by Gasteiger charge is -2.19. The van der Waals surface area contributed by atoms with Crippen molar-refractivity contribution in [2.45, 2.75) is 26.3 Å². The molecule has 0 aromatic heterocycles. The van der Waals surface area contributed by atoms with Crippen LogP contribution in [0.3, 0.4) is 0 Å². The molecule has 0 amide bonds. The third-order valence-corrected chi connectivity index (χ3v) is 3.29. The number of likely N-dealkylation sites (tertiary alicyclic amines) is 1. The summed E-state index contributed by atoms with van der Waals surface area (Å²) in [6.45, 7) is 8.98. The Balaban J connectivity index is 2.28. The van der Waals surface area contributed by atoms with E-state index in [0.717, 1.165) is 13.1 Å². The predicted octanol–water partition coefficient (Wildman–Crippen LogP) is -0.228. The summed E-state index contributed by atoms with van der Waals surface area (Å²) in [5, 5.41) is 3.10. The molecular formula is C12H27N5O. The van der Waals surface area contributed by atoms with E-state index < -0.39 is 0 Å². The summed E-state index contributed by atoms with van der Waals surface area (Å²) in [6, 6.07) is 0.630. The lowest BCUT2D eigenvalue weighted by molar-refractivity contribution is 0.203. The van der Waals surface area contributed by atoms with Crippen LogP contribution in [0.4, 0.5) is 0 Å². The van der Waals surface area contributed by atoms with Crippen LogP contribution in [0.25, 0.3) is 0 Å². The Hall–Kier alpha value is -0.850. The molecule has 0 spiro atoms. The Morgan fingerprint density at radius 1 is 1.56 bits per heavy atom. The van der Waals surface area contributed by atoms with Crippen LogP contribution in [0.2, 0.25) is 0 Å². The number of aliphatic imine (C=N–C) groups is 1. The molecule has 0 bridgehead atoms. The minimum absolute atomic E-state index is 0.630. The molecule has 0 radical (unpaired) electrons. The molecule has 0 aliphatic carbocycles. The number of rotatable bonds is 6. The van der Waals surface area contributed by atoms with E-state index in [0.29, 0.717) is 31.1 Å². The zero-order chi connectivity index (χ0) is 13.4. The molecule has 1 aliphatic heterocycles. The highest BCUT2D eigenvalue weighted by Crippen LogP contribution is 2.18. The Morgan fingerprint density at radius 3 is 2.89 bits per heavy atom. The van der Waals surface area contributed by atoms with Crippen molar-refractivity contribution in [3.8, 4) is 0 Å². The van der Waals surface area contributed by atoms with Crippen molar-refractivity contribution < 1.29 is 4.74 Å². The number of nitrogens with two attached hydrogens (primary N) is 1. The van der Waals surface area contributed by atoms with Crippen molar-refractivity contribution in [3.63, 3.8) is 0 Å². The van der Waals surface area contributed by atoms with Gasteiger partial charge in [-0.25, -0.2) is 5.84 Å². The smallest absolute Gasteiger partial charge is 0.205 e. The topological polar surface area (TPSA) is 74.9 Å². The maximum atomic E-state index is 5.42. The summed E-state index contributed by atoms with van der Waals surface area (Å²) >= 11 is 0. The molecule has 1 heterocycles. The van der Waals surface area contributed by atoms with Gasteiger partial charge < -0.3 is 15.0 Å². The van der Waals surface area contributed by atoms with Crippen LogP contribution in [-0.4, -0.2) is 56.8 Å². The zero-order valence-corrected chi connectivity index (χ0v) is 11.8. The molecule has 1 aliphatic rings. The van der Waals surface area contributed by atoms with Gasteiger partial charge in [-0.3, -0.25) is 10.4 Å². The first-order valence-electron chi connectivity index (χ1n) is 6.65. The van der Waals surface area contributed by atoms with Crippen LogP contribution in [0, 0.1) is 5.92 Å². The molecule has 0 aromatic carbocycles. The SMILES string of the molecule is COCCNC(=NCC1CCN(C(C)C)C1)NN. The number of nitrogens with zero attached hydrogens (tertiary/aromatic N) is 2. The number of hydrazine groups is 1. The molecule has 6 nitrogen and oxygen atoms in total. The van der Waals surface area contributed by atoms with Crippen LogP contribution >= 0.6 is 0 Å². The van der Waals surface area contributed by atoms with Crippen molar-refractivity contribution >= 4 is 5.96 Å². The molecular weight excluding hydrogens is 230 g/mol. The second-order valence-electron chi connectivity index (χ2n) is 5.00. The van der Waals surface area contributed by atoms with Crippen LogP contribution in [-0.2, 0) is 4.74 Å². The minimum atomic E-state index is 0.630. The monoisotopic (exact) mass is 257 g/mol. The molecule has 1 unspecified atom stereocenters. The van der Waals surface area contributed by atoms with Crippen molar-refractivity contribution in [2.75, 3.05) is 39.9 Å². The maximum absolute atomic E-state index is 5.42. The summed E-state index contributed by atoms with van der Waals surface area (Å²) in [5.74, 6) is 6.71. The van der Waals surface area contributed by atoms with Gasteiger partial charge in [-0.1, -0.05) is 0 Å². The molecule has 0 saturated carbocycles. The maximum Gasteiger partial charge on any atom is 0.205 e. The molecule has 4 N–H and O–H groups in total. The summed E-state index contributed by atoms with van der Waals surface area (Å²) in [5.41, 5.74) is 2.59. The van der Waals surface area contributed by atoms with Crippen LogP contribution < -0.4 is 16.6 Å². The van der Waals surface area contributed by atoms with Crippen molar-refractivity contribution in [1.82, 2.24) is 15.6 Å². The Morgan fingerprint density at radius 2 is 2.33 bits per heavy atom. The van der Waals surface area contributed by atoms with Crippen molar-refractivity contribution in [1.29, 1.82) is 0 Å². The van der Waals surface area contributed by atoms with Gasteiger partial charge in [0.1, 0.15) is 0 Å². The fourth-order valence-electron chi connectivity index (χ4n) is 2.13. The second kappa shape index (κ2) is 8.29. The van der Waals surface area contributed by atoms with Gasteiger partial charge in [0.25, 0.3) is 0 Å². The third kappa shape index (κ3) is 5.20. The largest absolute Gasteiger partial charge is 0.383 e. The summed E-state index contributed by atoms with van der Waals surface area (Å²) in [4.78, 5) is 6.97.